The van der Waals surface area contributed by atoms with Crippen LogP contribution in [0.5, 0.6) is 0 Å². The molecule has 0 radical (unpaired) electrons. The molecule has 0 saturated carbocycles. The van der Waals surface area contributed by atoms with Crippen molar-refractivity contribution in [3.05, 3.63) is 64.1 Å². The highest BCUT2D eigenvalue weighted by atomic mass is 19.1. The molecular formula is C25H31FN4O3. The molecule has 0 spiro atoms. The minimum absolute atomic E-state index is 0.0214. The summed E-state index contributed by atoms with van der Waals surface area (Å²) in [4.78, 5) is 41.4. The molecule has 4 rings (SSSR count). The number of halogens is 1. The molecule has 1 atom stereocenters. The smallest absolute Gasteiger partial charge is 0.270 e. The van der Waals surface area contributed by atoms with Crippen LogP contribution in [0.25, 0.3) is 0 Å². The van der Waals surface area contributed by atoms with Gasteiger partial charge in [0.2, 0.25) is 0 Å². The number of likely N-dealkylation sites (tertiary alicyclic amines) is 1. The number of piperidine rings is 1. The fourth-order valence-corrected chi connectivity index (χ4v) is 5.03. The van der Waals surface area contributed by atoms with Gasteiger partial charge >= 0.3 is 0 Å². The Morgan fingerprint density at radius 3 is 2.45 bits per heavy atom. The van der Waals surface area contributed by atoms with Gasteiger partial charge in [0.15, 0.2) is 5.78 Å². The maximum atomic E-state index is 13.2. The monoisotopic (exact) mass is 454 g/mol. The fraction of sp³-hybridized carbons (Fsp3) is 0.520. The third-order valence-corrected chi connectivity index (χ3v) is 6.97. The predicted octanol–water partition coefficient (Wildman–Crippen LogP) is 4.29. The zero-order valence-corrected chi connectivity index (χ0v) is 19.1. The number of rotatable bonds is 8. The van der Waals surface area contributed by atoms with Gasteiger partial charge in [-0.2, -0.15) is 4.91 Å². The zero-order chi connectivity index (χ0) is 23.4. The van der Waals surface area contributed by atoms with Crippen molar-refractivity contribution < 1.29 is 14.0 Å². The second-order valence-corrected chi connectivity index (χ2v) is 8.95. The van der Waals surface area contributed by atoms with E-state index < -0.39 is 6.04 Å². The highest BCUT2D eigenvalue weighted by Gasteiger charge is 2.31. The second kappa shape index (κ2) is 10.4. The number of nitrogens with zero attached hydrogens (tertiary/aromatic N) is 4. The molecule has 2 aliphatic rings. The summed E-state index contributed by atoms with van der Waals surface area (Å²) in [5.41, 5.74) is 1.92. The number of ketones is 1. The van der Waals surface area contributed by atoms with E-state index in [-0.39, 0.29) is 23.4 Å². The van der Waals surface area contributed by atoms with E-state index >= 15 is 0 Å². The molecule has 33 heavy (non-hydrogen) atoms. The van der Waals surface area contributed by atoms with Gasteiger partial charge in [0.25, 0.3) is 5.91 Å². The molecule has 8 heteroatoms. The van der Waals surface area contributed by atoms with E-state index in [1.807, 2.05) is 28.7 Å². The van der Waals surface area contributed by atoms with Crippen LogP contribution in [0.15, 0.2) is 41.7 Å². The largest absolute Gasteiger partial charge is 0.344 e. The number of carbonyl (C=O) groups is 2. The summed E-state index contributed by atoms with van der Waals surface area (Å²) in [6.45, 7) is 6.35. The van der Waals surface area contributed by atoms with Crippen molar-refractivity contribution in [2.75, 3.05) is 32.7 Å². The minimum atomic E-state index is -0.473. The zero-order valence-electron chi connectivity index (χ0n) is 19.1. The van der Waals surface area contributed by atoms with Gasteiger partial charge in [-0.15, -0.1) is 0 Å². The van der Waals surface area contributed by atoms with E-state index in [1.54, 1.807) is 12.1 Å². The molecule has 0 aliphatic carbocycles. The molecule has 3 heterocycles. The van der Waals surface area contributed by atoms with Crippen LogP contribution >= 0.6 is 0 Å². The van der Waals surface area contributed by atoms with Crippen LogP contribution in [0.2, 0.25) is 0 Å². The van der Waals surface area contributed by atoms with E-state index in [0.29, 0.717) is 37.3 Å². The summed E-state index contributed by atoms with van der Waals surface area (Å²) < 4.78 is 15.0. The summed E-state index contributed by atoms with van der Waals surface area (Å²) in [6, 6.07) is 7.17. The Kier molecular flexibility index (Phi) is 7.33. The van der Waals surface area contributed by atoms with Crippen LogP contribution in [0.1, 0.15) is 65.1 Å². The highest BCUT2D eigenvalue weighted by Crippen LogP contribution is 2.30. The normalized spacial score (nSPS) is 19.9. The predicted molar refractivity (Wildman–Crippen MR) is 124 cm³/mol. The number of hydrogen-bond donors (Lipinski definition) is 0. The van der Waals surface area contributed by atoms with Crippen LogP contribution in [0, 0.1) is 16.6 Å². The Morgan fingerprint density at radius 2 is 1.79 bits per heavy atom. The molecule has 2 aromatic rings. The van der Waals surface area contributed by atoms with Gasteiger partial charge in [0.05, 0.1) is 0 Å². The molecule has 0 bridgehead atoms. The lowest BCUT2D eigenvalue weighted by Crippen LogP contribution is -2.39. The average molecular weight is 455 g/mol. The van der Waals surface area contributed by atoms with Crippen molar-refractivity contribution in [2.45, 2.75) is 45.2 Å². The number of Topliss-reactive ketones (excluding diaryl/α,β-unsaturated/α-hetero) is 1. The van der Waals surface area contributed by atoms with Gasteiger partial charge in [0.1, 0.15) is 17.6 Å². The van der Waals surface area contributed by atoms with E-state index in [4.69, 9.17) is 0 Å². The number of aromatic nitrogens is 1. The number of carbonyl (C=O) groups excluding carboxylic acids is 2. The van der Waals surface area contributed by atoms with Crippen molar-refractivity contribution in [3.8, 4) is 0 Å². The molecule has 1 fully saturated rings. The lowest BCUT2D eigenvalue weighted by Gasteiger charge is -2.32. The average Bonchev–Trinajstić information content (AvgIpc) is 3.22. The molecule has 0 N–H and O–H groups in total. The molecule has 1 amide bonds. The molecule has 1 saturated heterocycles. The molecule has 1 aromatic carbocycles. The molecule has 1 aromatic heterocycles. The van der Waals surface area contributed by atoms with Crippen LogP contribution in [-0.2, 0) is 6.54 Å². The first kappa shape index (κ1) is 23.3. The van der Waals surface area contributed by atoms with E-state index in [9.17, 15) is 18.9 Å². The van der Waals surface area contributed by atoms with Crippen LogP contribution < -0.4 is 0 Å². The second-order valence-electron chi connectivity index (χ2n) is 8.95. The first-order valence-corrected chi connectivity index (χ1v) is 11.8. The van der Waals surface area contributed by atoms with Gasteiger partial charge in [0, 0.05) is 42.9 Å². The molecule has 176 valence electrons. The Bertz CT molecular complexity index is 996. The van der Waals surface area contributed by atoms with E-state index in [0.717, 1.165) is 44.5 Å². The van der Waals surface area contributed by atoms with Gasteiger partial charge in [-0.05, 0) is 82.6 Å². The van der Waals surface area contributed by atoms with Crippen molar-refractivity contribution in [1.29, 1.82) is 0 Å². The number of nitroso groups, excluding NO2 is 1. The van der Waals surface area contributed by atoms with Crippen molar-refractivity contribution in [2.24, 2.45) is 11.1 Å². The Labute approximate surface area is 193 Å². The van der Waals surface area contributed by atoms with Crippen molar-refractivity contribution >= 4 is 11.7 Å². The number of benzene rings is 1. The maximum Gasteiger partial charge on any atom is 0.270 e. The van der Waals surface area contributed by atoms with Crippen molar-refractivity contribution in [1.82, 2.24) is 14.4 Å². The Hall–Kier alpha value is -2.87. The SMILES string of the molecule is CCn1ccc2c1C(=O)N(CCCN1CCC(C(=O)c3ccc(F)cc3)CC1)CCC2N=O. The van der Waals surface area contributed by atoms with Crippen LogP contribution in [-0.4, -0.2) is 58.8 Å². The summed E-state index contributed by atoms with van der Waals surface area (Å²) >= 11 is 0. The first-order valence-electron chi connectivity index (χ1n) is 11.8. The lowest BCUT2D eigenvalue weighted by atomic mass is 9.89. The summed E-state index contributed by atoms with van der Waals surface area (Å²) in [5, 5.41) is 3.27. The lowest BCUT2D eigenvalue weighted by molar-refractivity contribution is 0.0729. The molecule has 2 aliphatic heterocycles. The summed E-state index contributed by atoms with van der Waals surface area (Å²) in [7, 11) is 0. The van der Waals surface area contributed by atoms with E-state index in [2.05, 4.69) is 10.1 Å². The topological polar surface area (TPSA) is 75.0 Å². The van der Waals surface area contributed by atoms with Crippen LogP contribution in [0.4, 0.5) is 4.39 Å². The summed E-state index contributed by atoms with van der Waals surface area (Å²) in [6.07, 6.45) is 4.83. The number of fused-ring (bicyclic) bond motifs is 1. The first-order chi connectivity index (χ1) is 16.0. The minimum Gasteiger partial charge on any atom is -0.344 e. The Morgan fingerprint density at radius 1 is 1.06 bits per heavy atom. The summed E-state index contributed by atoms with van der Waals surface area (Å²) in [5.74, 6) is -0.280. The van der Waals surface area contributed by atoms with Crippen molar-refractivity contribution in [3.63, 3.8) is 0 Å². The third kappa shape index (κ3) is 5.05. The van der Waals surface area contributed by atoms with Gasteiger partial charge < -0.3 is 14.4 Å². The molecule has 7 nitrogen and oxygen atoms in total. The van der Waals surface area contributed by atoms with Gasteiger partial charge in [-0.3, -0.25) is 9.59 Å². The number of hydrogen-bond acceptors (Lipinski definition) is 5. The Balaban J connectivity index is 1.28. The maximum absolute atomic E-state index is 13.2. The third-order valence-electron chi connectivity index (χ3n) is 6.97. The number of aryl methyl sites for hydroxylation is 1. The van der Waals surface area contributed by atoms with E-state index in [1.165, 1.54) is 12.1 Å². The highest BCUT2D eigenvalue weighted by molar-refractivity contribution is 5.98. The van der Waals surface area contributed by atoms with Gasteiger partial charge in [-0.1, -0.05) is 5.18 Å². The fourth-order valence-electron chi connectivity index (χ4n) is 5.03. The van der Waals surface area contributed by atoms with Crippen LogP contribution in [0.3, 0.4) is 0 Å². The quantitative estimate of drug-likeness (QED) is 0.441. The molecule has 1 unspecified atom stereocenters. The number of amides is 1. The van der Waals surface area contributed by atoms with Gasteiger partial charge in [-0.25, -0.2) is 4.39 Å². The standard InChI is InChI=1S/C25H31FN4O3/c1-2-29-16-10-21-22(27-33)11-17-30(25(32)23(21)29)13-3-12-28-14-8-19(9-15-28)24(31)18-4-6-20(26)7-5-18/h4-7,10,16,19,22H,2-3,8-9,11-15,17H2,1H3. The molecular weight excluding hydrogens is 423 g/mol.